The molecule has 12 heteroatoms. The van der Waals surface area contributed by atoms with Gasteiger partial charge in [0, 0.05) is 26.6 Å². The highest BCUT2D eigenvalue weighted by molar-refractivity contribution is 7.89. The minimum Gasteiger partial charge on any atom is -0.480 e. The number of nitrogens with zero attached hydrogens (tertiary/aromatic N) is 4. The van der Waals surface area contributed by atoms with E-state index in [4.69, 9.17) is 14.2 Å². The van der Waals surface area contributed by atoms with Gasteiger partial charge in [-0.25, -0.2) is 17.9 Å². The number of carbonyl (C=O) groups is 2. The topological polar surface area (TPSA) is 130 Å². The molecule has 1 aromatic heterocycles. The van der Waals surface area contributed by atoms with Crippen molar-refractivity contribution in [2.24, 2.45) is 7.05 Å². The predicted octanol–water partition coefficient (Wildman–Crippen LogP) is 4.90. The number of esters is 2. The molecule has 1 heterocycles. The van der Waals surface area contributed by atoms with Crippen LogP contribution in [0.2, 0.25) is 0 Å². The molecule has 0 N–H and O–H groups in total. The lowest BCUT2D eigenvalue weighted by molar-refractivity contribution is -0.157. The van der Waals surface area contributed by atoms with Crippen molar-refractivity contribution in [1.82, 2.24) is 19.3 Å². The van der Waals surface area contributed by atoms with Gasteiger partial charge in [0.25, 0.3) is 0 Å². The summed E-state index contributed by atoms with van der Waals surface area (Å²) in [5.74, 6) is -1.08. The third kappa shape index (κ3) is 8.25. The van der Waals surface area contributed by atoms with Crippen LogP contribution in [0.15, 0.2) is 65.6 Å². The van der Waals surface area contributed by atoms with Gasteiger partial charge in [-0.3, -0.25) is 4.79 Å². The number of aryl methyl sites for hydroxylation is 2. The molecule has 0 aliphatic rings. The van der Waals surface area contributed by atoms with E-state index in [9.17, 15) is 18.0 Å². The average molecular weight is 637 g/mol. The van der Waals surface area contributed by atoms with Gasteiger partial charge in [-0.15, -0.1) is 5.10 Å². The molecule has 0 radical (unpaired) electrons. The quantitative estimate of drug-likeness (QED) is 0.199. The maximum Gasteiger partial charge on any atom is 0.344 e. The summed E-state index contributed by atoms with van der Waals surface area (Å²) >= 11 is 0. The van der Waals surface area contributed by atoms with Crippen LogP contribution in [0.4, 0.5) is 0 Å². The van der Waals surface area contributed by atoms with Crippen LogP contribution in [-0.2, 0) is 42.7 Å². The maximum atomic E-state index is 13.3. The summed E-state index contributed by atoms with van der Waals surface area (Å²) in [6.45, 7) is 9.00. The zero-order chi connectivity index (χ0) is 32.9. The van der Waals surface area contributed by atoms with Crippen molar-refractivity contribution < 1.29 is 32.2 Å². The molecule has 4 aromatic rings. The normalized spacial score (nSPS) is 12.7. The summed E-state index contributed by atoms with van der Waals surface area (Å²) in [6, 6.07) is 17.6. The first kappa shape index (κ1) is 33.6. The van der Waals surface area contributed by atoms with E-state index in [0.717, 1.165) is 16.7 Å². The van der Waals surface area contributed by atoms with Gasteiger partial charge in [0.2, 0.25) is 10.0 Å². The number of sulfonamides is 1. The van der Waals surface area contributed by atoms with E-state index in [0.29, 0.717) is 22.3 Å². The maximum absolute atomic E-state index is 13.3. The molecular formula is C33H40N4O7S. The van der Waals surface area contributed by atoms with E-state index in [1.54, 1.807) is 82.9 Å². The molecule has 0 saturated heterocycles. The zero-order valence-electron chi connectivity index (χ0n) is 26.7. The van der Waals surface area contributed by atoms with Crippen LogP contribution in [0.3, 0.4) is 0 Å². The van der Waals surface area contributed by atoms with E-state index in [1.807, 2.05) is 31.2 Å². The van der Waals surface area contributed by atoms with Gasteiger partial charge in [0.1, 0.15) is 22.4 Å². The van der Waals surface area contributed by atoms with Crippen LogP contribution in [0, 0.1) is 6.92 Å². The number of hydrogen-bond donors (Lipinski definition) is 0. The third-order valence-corrected chi connectivity index (χ3v) is 8.97. The fraction of sp³-hybridized carbons (Fsp3) is 0.394. The van der Waals surface area contributed by atoms with Crippen molar-refractivity contribution in [1.29, 1.82) is 0 Å². The van der Waals surface area contributed by atoms with Crippen LogP contribution in [0.5, 0.6) is 5.75 Å². The Kier molecular flexibility index (Phi) is 10.3. The Morgan fingerprint density at radius 1 is 1.00 bits per heavy atom. The average Bonchev–Trinajstić information content (AvgIpc) is 3.36. The number of hydrogen-bond acceptors (Lipinski definition) is 9. The minimum absolute atomic E-state index is 0.00572. The molecule has 3 aromatic carbocycles. The molecule has 0 bridgehead atoms. The van der Waals surface area contributed by atoms with Gasteiger partial charge in [-0.1, -0.05) is 41.6 Å². The molecule has 45 heavy (non-hydrogen) atoms. The first-order valence-electron chi connectivity index (χ1n) is 14.6. The molecule has 1 atom stereocenters. The molecule has 4 rings (SSSR count). The lowest BCUT2D eigenvalue weighted by Crippen LogP contribution is -2.27. The van der Waals surface area contributed by atoms with Crippen molar-refractivity contribution in [2.45, 2.75) is 64.0 Å². The van der Waals surface area contributed by atoms with Crippen LogP contribution in [-0.4, -0.2) is 65.5 Å². The van der Waals surface area contributed by atoms with E-state index in [-0.39, 0.29) is 31.1 Å². The molecule has 11 nitrogen and oxygen atoms in total. The summed E-state index contributed by atoms with van der Waals surface area (Å²) in [6.07, 6.45) is 0.00572. The van der Waals surface area contributed by atoms with Crippen LogP contribution in [0.1, 0.15) is 62.3 Å². The minimum atomic E-state index is -3.73. The Hall–Kier alpha value is -4.29. The lowest BCUT2D eigenvalue weighted by Gasteiger charge is -2.22. The highest BCUT2D eigenvalue weighted by atomic mass is 32.2. The van der Waals surface area contributed by atoms with Crippen molar-refractivity contribution >= 4 is 33.0 Å². The Labute approximate surface area is 264 Å². The smallest absolute Gasteiger partial charge is 0.344 e. The second-order valence-corrected chi connectivity index (χ2v) is 13.8. The Morgan fingerprint density at radius 3 is 2.38 bits per heavy atom. The Bertz CT molecular complexity index is 1780. The second-order valence-electron chi connectivity index (χ2n) is 11.8. The van der Waals surface area contributed by atoms with Gasteiger partial charge in [-0.2, -0.15) is 4.31 Å². The van der Waals surface area contributed by atoms with Crippen molar-refractivity contribution in [3.05, 3.63) is 82.9 Å². The van der Waals surface area contributed by atoms with E-state index >= 15 is 0 Å². The van der Waals surface area contributed by atoms with Gasteiger partial charge in [-0.05, 0) is 81.1 Å². The Balaban J connectivity index is 1.74. The predicted molar refractivity (Wildman–Crippen MR) is 169 cm³/mol. The third-order valence-electron chi connectivity index (χ3n) is 7.15. The molecule has 1 unspecified atom stereocenters. The first-order valence-corrected chi connectivity index (χ1v) is 16.1. The summed E-state index contributed by atoms with van der Waals surface area (Å²) in [4.78, 5) is 25.6. The van der Waals surface area contributed by atoms with Crippen LogP contribution >= 0.6 is 0 Å². The molecule has 0 saturated carbocycles. The largest absolute Gasteiger partial charge is 0.480 e. The SMILES string of the molecule is CCOC(=O)CC(c1ccc(C)c(CN(C)S(=O)(=O)c2ccccc2)c1)c1cc(OCC(=O)OC(C)(C)C)c2c(c1)nnn2C. The number of benzene rings is 3. The van der Waals surface area contributed by atoms with Gasteiger partial charge in [0.15, 0.2) is 6.61 Å². The number of ether oxygens (including phenoxy) is 3. The molecule has 0 aliphatic carbocycles. The summed E-state index contributed by atoms with van der Waals surface area (Å²) < 4.78 is 46.1. The van der Waals surface area contributed by atoms with E-state index in [2.05, 4.69) is 10.3 Å². The first-order chi connectivity index (χ1) is 21.2. The lowest BCUT2D eigenvalue weighted by atomic mass is 9.86. The fourth-order valence-corrected chi connectivity index (χ4v) is 6.15. The number of rotatable bonds is 12. The highest BCUT2D eigenvalue weighted by Gasteiger charge is 2.26. The monoisotopic (exact) mass is 636 g/mol. The molecule has 0 spiro atoms. The van der Waals surface area contributed by atoms with Gasteiger partial charge in [0.05, 0.1) is 17.9 Å². The molecule has 0 fully saturated rings. The highest BCUT2D eigenvalue weighted by Crippen LogP contribution is 2.36. The van der Waals surface area contributed by atoms with Gasteiger partial charge < -0.3 is 14.2 Å². The molecule has 0 amide bonds. The summed E-state index contributed by atoms with van der Waals surface area (Å²) in [5.41, 5.74) is 3.57. The second kappa shape index (κ2) is 13.8. The van der Waals surface area contributed by atoms with Crippen molar-refractivity contribution in [3.63, 3.8) is 0 Å². The molecule has 240 valence electrons. The van der Waals surface area contributed by atoms with Gasteiger partial charge >= 0.3 is 11.9 Å². The van der Waals surface area contributed by atoms with Crippen molar-refractivity contribution in [2.75, 3.05) is 20.3 Å². The number of aromatic nitrogens is 3. The van der Waals surface area contributed by atoms with Crippen molar-refractivity contribution in [3.8, 4) is 5.75 Å². The number of carbonyl (C=O) groups excluding carboxylic acids is 2. The summed E-state index contributed by atoms with van der Waals surface area (Å²) in [5, 5.41) is 8.40. The summed E-state index contributed by atoms with van der Waals surface area (Å²) in [7, 11) is -0.468. The van der Waals surface area contributed by atoms with Crippen LogP contribution < -0.4 is 4.74 Å². The Morgan fingerprint density at radius 2 is 1.71 bits per heavy atom. The fourth-order valence-electron chi connectivity index (χ4n) is 4.98. The molecule has 0 aliphatic heterocycles. The van der Waals surface area contributed by atoms with E-state index < -0.39 is 33.5 Å². The van der Waals surface area contributed by atoms with Crippen LogP contribution in [0.25, 0.3) is 11.0 Å². The number of fused-ring (bicyclic) bond motifs is 1. The molecular weight excluding hydrogens is 596 g/mol. The zero-order valence-corrected chi connectivity index (χ0v) is 27.6. The van der Waals surface area contributed by atoms with E-state index in [1.165, 1.54) is 4.31 Å². The standard InChI is InChI=1S/C33H40N4O7S/c1-8-42-30(38)19-27(23-15-14-22(2)25(16-23)20-36(6)45(40,41)26-12-10-9-11-13-26)24-17-28-32(37(7)35-34-28)29(18-24)43-21-31(39)44-33(3,4)5/h9-18,27H,8,19-21H2,1-7H3.